The number of benzene rings is 2. The number of nitrogens with zero attached hydrogens (tertiary/aromatic N) is 1. The van der Waals surface area contributed by atoms with E-state index in [-0.39, 0.29) is 5.91 Å². The van der Waals surface area contributed by atoms with Gasteiger partial charge in [0.15, 0.2) is 0 Å². The summed E-state index contributed by atoms with van der Waals surface area (Å²) in [7, 11) is 1.81. The van der Waals surface area contributed by atoms with Crippen LogP contribution >= 0.6 is 15.9 Å². The number of amides is 1. The number of nitrogens with one attached hydrogen (secondary N) is 1. The molecule has 1 spiro atoms. The Labute approximate surface area is 184 Å². The van der Waals surface area contributed by atoms with Crippen molar-refractivity contribution < 1.29 is 14.7 Å². The Hall–Kier alpha value is -2.60. The number of carbonyl (C=O) groups is 2. The summed E-state index contributed by atoms with van der Waals surface area (Å²) in [5.74, 6) is -0.810. The molecule has 0 radical (unpaired) electrons. The van der Waals surface area contributed by atoms with Gasteiger partial charge in [0.05, 0.1) is 5.41 Å². The summed E-state index contributed by atoms with van der Waals surface area (Å²) in [4.78, 5) is 27.4. The maximum Gasteiger partial charge on any atom is 0.329 e. The van der Waals surface area contributed by atoms with Gasteiger partial charge >= 0.3 is 5.97 Å². The second-order valence-electron chi connectivity index (χ2n) is 8.25. The largest absolute Gasteiger partial charge is 0.480 e. The molecule has 1 amide bonds. The van der Waals surface area contributed by atoms with Gasteiger partial charge in [0.1, 0.15) is 5.54 Å². The monoisotopic (exact) mass is 468 g/mol. The second-order valence-corrected chi connectivity index (χ2v) is 9.16. The summed E-state index contributed by atoms with van der Waals surface area (Å²) in [6, 6.07) is 13.6. The van der Waals surface area contributed by atoms with Gasteiger partial charge in [-0.2, -0.15) is 0 Å². The van der Waals surface area contributed by atoms with Crippen molar-refractivity contribution in [3.8, 4) is 0 Å². The lowest BCUT2D eigenvalue weighted by molar-refractivity contribution is -0.145. The van der Waals surface area contributed by atoms with E-state index in [1.54, 1.807) is 4.90 Å². The second kappa shape index (κ2) is 7.58. The van der Waals surface area contributed by atoms with Crippen LogP contribution in [0, 0.1) is 0 Å². The predicted molar refractivity (Wildman–Crippen MR) is 123 cm³/mol. The molecule has 2 aliphatic rings. The summed E-state index contributed by atoms with van der Waals surface area (Å²) < 4.78 is 0.887. The van der Waals surface area contributed by atoms with E-state index in [0.29, 0.717) is 25.7 Å². The number of anilines is 2. The highest BCUT2D eigenvalue weighted by molar-refractivity contribution is 9.10. The van der Waals surface area contributed by atoms with Gasteiger partial charge < -0.3 is 15.3 Å². The zero-order chi connectivity index (χ0) is 21.5. The van der Waals surface area contributed by atoms with E-state index in [1.807, 2.05) is 62.5 Å². The van der Waals surface area contributed by atoms with E-state index >= 15 is 0 Å². The molecule has 0 aromatic heterocycles. The molecule has 2 aromatic rings. The Morgan fingerprint density at radius 2 is 1.90 bits per heavy atom. The molecule has 0 atom stereocenters. The van der Waals surface area contributed by atoms with Crippen molar-refractivity contribution in [2.75, 3.05) is 17.3 Å². The highest BCUT2D eigenvalue weighted by atomic mass is 79.9. The Kier molecular flexibility index (Phi) is 5.22. The van der Waals surface area contributed by atoms with E-state index < -0.39 is 16.9 Å². The number of likely N-dealkylation sites (N-methyl/N-ethyl adjacent to an activating group) is 1. The Balaban J connectivity index is 1.68. The van der Waals surface area contributed by atoms with Gasteiger partial charge in [-0.15, -0.1) is 0 Å². The third kappa shape index (κ3) is 3.23. The summed E-state index contributed by atoms with van der Waals surface area (Å²) in [6.45, 7) is 1.97. The topological polar surface area (TPSA) is 69.6 Å². The van der Waals surface area contributed by atoms with Crippen molar-refractivity contribution >= 4 is 45.3 Å². The Morgan fingerprint density at radius 1 is 1.17 bits per heavy atom. The maximum absolute atomic E-state index is 13.3. The summed E-state index contributed by atoms with van der Waals surface area (Å²) in [5, 5.41) is 13.4. The van der Waals surface area contributed by atoms with Crippen LogP contribution in [0.2, 0.25) is 0 Å². The first-order chi connectivity index (χ1) is 14.3. The minimum absolute atomic E-state index is 0.0663. The minimum Gasteiger partial charge on any atom is -0.480 e. The van der Waals surface area contributed by atoms with Gasteiger partial charge in [-0.1, -0.05) is 40.2 Å². The van der Waals surface area contributed by atoms with E-state index in [0.717, 1.165) is 27.0 Å². The number of hydrogen-bond donors (Lipinski definition) is 2. The van der Waals surface area contributed by atoms with E-state index in [2.05, 4.69) is 27.3 Å². The molecule has 156 valence electrons. The molecule has 1 fully saturated rings. The molecule has 1 saturated carbocycles. The van der Waals surface area contributed by atoms with Crippen LogP contribution in [-0.2, 0) is 15.0 Å². The number of halogens is 1. The summed E-state index contributed by atoms with van der Waals surface area (Å²) in [6.07, 6.45) is 5.75. The molecule has 0 unspecified atom stereocenters. The molecule has 6 heteroatoms. The van der Waals surface area contributed by atoms with Crippen LogP contribution in [0.4, 0.5) is 11.4 Å². The van der Waals surface area contributed by atoms with E-state index in [9.17, 15) is 14.7 Å². The Bertz CT molecular complexity index is 1040. The van der Waals surface area contributed by atoms with Crippen molar-refractivity contribution in [2.45, 2.75) is 43.6 Å². The number of carboxylic acid groups (broad SMARTS) is 1. The number of fused-ring (bicyclic) bond motifs is 2. The van der Waals surface area contributed by atoms with Gasteiger partial charge in [-0.25, -0.2) is 4.79 Å². The van der Waals surface area contributed by atoms with Crippen molar-refractivity contribution in [3.05, 3.63) is 64.1 Å². The fraction of sp³-hybridized carbons (Fsp3) is 0.333. The van der Waals surface area contributed by atoms with Gasteiger partial charge in [0.25, 0.3) is 0 Å². The smallest absolute Gasteiger partial charge is 0.329 e. The minimum atomic E-state index is -1.09. The quantitative estimate of drug-likeness (QED) is 0.646. The molecule has 2 N–H and O–H groups in total. The molecule has 1 aliphatic heterocycles. The lowest BCUT2D eigenvalue weighted by atomic mass is 9.64. The maximum atomic E-state index is 13.3. The molecule has 2 aromatic carbocycles. The highest BCUT2D eigenvalue weighted by Crippen LogP contribution is 2.52. The van der Waals surface area contributed by atoms with Crippen LogP contribution in [0.15, 0.2) is 53.0 Å². The number of hydrogen-bond acceptors (Lipinski definition) is 3. The van der Waals surface area contributed by atoms with Crippen LogP contribution in [0.1, 0.15) is 43.7 Å². The number of rotatable bonds is 4. The highest BCUT2D eigenvalue weighted by Gasteiger charge is 2.56. The van der Waals surface area contributed by atoms with Crippen molar-refractivity contribution in [1.82, 2.24) is 0 Å². The fourth-order valence-corrected chi connectivity index (χ4v) is 5.29. The molecule has 1 aliphatic carbocycles. The van der Waals surface area contributed by atoms with Gasteiger partial charge in [-0.05, 0) is 74.1 Å². The molecular formula is C24H25BrN2O3. The van der Waals surface area contributed by atoms with Crippen LogP contribution in [0.25, 0.3) is 6.08 Å². The standard InChI is InChI=1S/C24H25BrN2O3/c1-3-5-16-8-9-20-19(14-16)23(21(28)27(20)2)10-12-24(13-11-23,22(29)30)26-18-7-4-6-17(25)15-18/h3-9,14-15,26H,10-13H2,1-2H3,(H,29,30)/b5-3+. The fourth-order valence-electron chi connectivity index (χ4n) is 4.89. The average molecular weight is 469 g/mol. The zero-order valence-electron chi connectivity index (χ0n) is 17.1. The predicted octanol–water partition coefficient (Wildman–Crippen LogP) is 5.21. The summed E-state index contributed by atoms with van der Waals surface area (Å²) >= 11 is 3.44. The molecular weight excluding hydrogens is 444 g/mol. The van der Waals surface area contributed by atoms with Crippen molar-refractivity contribution in [3.63, 3.8) is 0 Å². The van der Waals surface area contributed by atoms with Gasteiger partial charge in [0, 0.05) is 22.9 Å². The van der Waals surface area contributed by atoms with Crippen LogP contribution < -0.4 is 10.2 Å². The van der Waals surface area contributed by atoms with Crippen molar-refractivity contribution in [2.24, 2.45) is 0 Å². The Morgan fingerprint density at radius 3 is 2.53 bits per heavy atom. The molecule has 1 heterocycles. The van der Waals surface area contributed by atoms with E-state index in [1.165, 1.54) is 0 Å². The first-order valence-corrected chi connectivity index (χ1v) is 10.9. The zero-order valence-corrected chi connectivity index (χ0v) is 18.7. The molecule has 4 rings (SSSR count). The first-order valence-electron chi connectivity index (χ1n) is 10.1. The van der Waals surface area contributed by atoms with Crippen LogP contribution in [-0.4, -0.2) is 29.6 Å². The third-order valence-corrected chi connectivity index (χ3v) is 7.04. The lowest BCUT2D eigenvalue weighted by Gasteiger charge is -2.42. The molecule has 0 saturated heterocycles. The van der Waals surface area contributed by atoms with Crippen LogP contribution in [0.3, 0.4) is 0 Å². The third-order valence-electron chi connectivity index (χ3n) is 6.55. The average Bonchev–Trinajstić information content (AvgIpc) is 2.92. The van der Waals surface area contributed by atoms with E-state index in [4.69, 9.17) is 0 Å². The van der Waals surface area contributed by atoms with Gasteiger partial charge in [-0.3, -0.25) is 4.79 Å². The first kappa shape index (κ1) is 20.7. The number of allylic oxidation sites excluding steroid dienone is 1. The SMILES string of the molecule is C/C=C/c1ccc2c(c1)C1(CCC(Nc3cccc(Br)c3)(C(=O)O)CC1)C(=O)N2C. The van der Waals surface area contributed by atoms with Crippen LogP contribution in [0.5, 0.6) is 0 Å². The lowest BCUT2D eigenvalue weighted by Crippen LogP contribution is -2.54. The molecule has 5 nitrogen and oxygen atoms in total. The van der Waals surface area contributed by atoms with Crippen molar-refractivity contribution in [1.29, 1.82) is 0 Å². The number of aliphatic carboxylic acids is 1. The molecule has 0 bridgehead atoms. The van der Waals surface area contributed by atoms with Gasteiger partial charge in [0.2, 0.25) is 5.91 Å². The summed E-state index contributed by atoms with van der Waals surface area (Å²) in [5.41, 5.74) is 2.02. The number of carboxylic acids is 1. The number of carbonyl (C=O) groups excluding carboxylic acids is 1. The molecule has 30 heavy (non-hydrogen) atoms. The normalized spacial score (nSPS) is 25.7.